The molecule has 0 saturated heterocycles. The Labute approximate surface area is 127 Å². The normalized spacial score (nSPS) is 15.4. The van der Waals surface area contributed by atoms with Crippen LogP contribution in [0.4, 0.5) is 0 Å². The predicted octanol–water partition coefficient (Wildman–Crippen LogP) is 1.73. The molecule has 0 radical (unpaired) electrons. The van der Waals surface area contributed by atoms with Gasteiger partial charge in [-0.25, -0.2) is 0 Å². The summed E-state index contributed by atoms with van der Waals surface area (Å²) in [6.07, 6.45) is 0.716. The highest BCUT2D eigenvalue weighted by molar-refractivity contribution is 5.84. The fraction of sp³-hybridized carbons (Fsp3) is 0.867. The molecule has 6 nitrogen and oxygen atoms in total. The number of nitrogens with one attached hydrogen (secondary N) is 1. The van der Waals surface area contributed by atoms with E-state index in [1.165, 1.54) is 0 Å². The maximum absolute atomic E-state index is 12.4. The van der Waals surface area contributed by atoms with Crippen molar-refractivity contribution in [1.29, 1.82) is 0 Å². The van der Waals surface area contributed by atoms with E-state index in [0.717, 1.165) is 0 Å². The molecule has 1 atom stereocenters. The zero-order valence-corrected chi connectivity index (χ0v) is 14.1. The molecule has 0 bridgehead atoms. The van der Waals surface area contributed by atoms with Gasteiger partial charge in [0.2, 0.25) is 5.91 Å². The van der Waals surface area contributed by atoms with Crippen LogP contribution >= 0.6 is 0 Å². The summed E-state index contributed by atoms with van der Waals surface area (Å²) in [6.45, 7) is 11.4. The number of hydrogen-bond donors (Lipinski definition) is 3. The number of hydrogen-bond acceptors (Lipinski definition) is 4. The van der Waals surface area contributed by atoms with Gasteiger partial charge < -0.3 is 20.9 Å². The van der Waals surface area contributed by atoms with Gasteiger partial charge in [-0.15, -0.1) is 0 Å². The highest BCUT2D eigenvalue weighted by Gasteiger charge is 2.40. The van der Waals surface area contributed by atoms with Gasteiger partial charge in [-0.05, 0) is 34.1 Å². The first-order valence-corrected chi connectivity index (χ1v) is 7.27. The third kappa shape index (κ3) is 6.91. The summed E-state index contributed by atoms with van der Waals surface area (Å²) in [7, 11) is 0. The third-order valence-corrected chi connectivity index (χ3v) is 3.45. The number of ether oxygens (including phenoxy) is 1. The van der Waals surface area contributed by atoms with Crippen molar-refractivity contribution >= 4 is 11.9 Å². The Balaban J connectivity index is 4.72. The average molecular weight is 302 g/mol. The Morgan fingerprint density at radius 3 is 2.10 bits per heavy atom. The van der Waals surface area contributed by atoms with Gasteiger partial charge in [0, 0.05) is 18.4 Å². The molecular formula is C15H30N2O4. The van der Waals surface area contributed by atoms with Crippen molar-refractivity contribution in [3.63, 3.8) is 0 Å². The molecule has 6 heteroatoms. The highest BCUT2D eigenvalue weighted by atomic mass is 16.5. The van der Waals surface area contributed by atoms with Gasteiger partial charge >= 0.3 is 5.97 Å². The number of aliphatic carboxylic acids is 1. The lowest BCUT2D eigenvalue weighted by Gasteiger charge is -2.35. The van der Waals surface area contributed by atoms with Crippen molar-refractivity contribution in [3.05, 3.63) is 0 Å². The second kappa shape index (κ2) is 7.22. The summed E-state index contributed by atoms with van der Waals surface area (Å²) in [5.74, 6) is -1.17. The molecule has 0 aliphatic carbocycles. The maximum atomic E-state index is 12.4. The molecular weight excluding hydrogens is 272 g/mol. The van der Waals surface area contributed by atoms with Crippen molar-refractivity contribution in [2.24, 2.45) is 16.6 Å². The summed E-state index contributed by atoms with van der Waals surface area (Å²) >= 11 is 0. The van der Waals surface area contributed by atoms with Gasteiger partial charge in [0.05, 0.1) is 17.7 Å². The first kappa shape index (κ1) is 19.9. The average Bonchev–Trinajstić information content (AvgIpc) is 2.26. The lowest BCUT2D eigenvalue weighted by molar-refractivity contribution is -0.150. The van der Waals surface area contributed by atoms with Crippen molar-refractivity contribution < 1.29 is 19.4 Å². The fourth-order valence-corrected chi connectivity index (χ4v) is 2.18. The fourth-order valence-electron chi connectivity index (χ4n) is 2.18. The molecule has 0 aromatic rings. The van der Waals surface area contributed by atoms with E-state index in [2.05, 4.69) is 5.32 Å². The van der Waals surface area contributed by atoms with Crippen LogP contribution in [0.15, 0.2) is 0 Å². The molecule has 0 aliphatic rings. The number of nitrogens with two attached hydrogens (primary N) is 1. The monoisotopic (exact) mass is 302 g/mol. The Bertz CT molecular complexity index is 376. The van der Waals surface area contributed by atoms with E-state index in [4.69, 9.17) is 10.5 Å². The minimum Gasteiger partial charge on any atom is -0.481 e. The molecule has 1 unspecified atom stereocenters. The molecule has 0 aliphatic heterocycles. The molecule has 124 valence electrons. The molecule has 0 rings (SSSR count). The van der Waals surface area contributed by atoms with Crippen LogP contribution in [-0.4, -0.2) is 35.9 Å². The molecule has 4 N–H and O–H groups in total. The van der Waals surface area contributed by atoms with E-state index in [9.17, 15) is 14.7 Å². The molecule has 0 aromatic heterocycles. The second-order valence-corrected chi connectivity index (χ2v) is 7.07. The predicted molar refractivity (Wildman–Crippen MR) is 81.7 cm³/mol. The summed E-state index contributed by atoms with van der Waals surface area (Å²) in [5, 5.41) is 12.0. The van der Waals surface area contributed by atoms with Gasteiger partial charge in [0.1, 0.15) is 0 Å². The number of carbonyl (C=O) groups is 2. The Morgan fingerprint density at radius 2 is 1.67 bits per heavy atom. The van der Waals surface area contributed by atoms with Gasteiger partial charge in [-0.3, -0.25) is 9.59 Å². The first-order valence-electron chi connectivity index (χ1n) is 7.27. The van der Waals surface area contributed by atoms with Crippen molar-refractivity contribution in [3.8, 4) is 0 Å². The van der Waals surface area contributed by atoms with Crippen LogP contribution in [0.25, 0.3) is 0 Å². The third-order valence-electron chi connectivity index (χ3n) is 3.45. The van der Waals surface area contributed by atoms with E-state index >= 15 is 0 Å². The summed E-state index contributed by atoms with van der Waals surface area (Å²) in [5.41, 5.74) is 3.37. The summed E-state index contributed by atoms with van der Waals surface area (Å²) in [4.78, 5) is 23.6. The molecule has 0 spiro atoms. The van der Waals surface area contributed by atoms with E-state index < -0.39 is 22.5 Å². The lowest BCUT2D eigenvalue weighted by atomic mass is 9.74. The molecule has 0 fully saturated rings. The first-order chi connectivity index (χ1) is 9.34. The minimum atomic E-state index is -0.975. The highest BCUT2D eigenvalue weighted by Crippen LogP contribution is 2.34. The van der Waals surface area contributed by atoms with Crippen LogP contribution in [0.2, 0.25) is 0 Å². The zero-order valence-electron chi connectivity index (χ0n) is 14.1. The van der Waals surface area contributed by atoms with E-state index in [1.807, 2.05) is 6.92 Å². The summed E-state index contributed by atoms with van der Waals surface area (Å²) < 4.78 is 5.24. The second-order valence-electron chi connectivity index (χ2n) is 7.07. The smallest absolute Gasteiger partial charge is 0.309 e. The Morgan fingerprint density at radius 1 is 1.14 bits per heavy atom. The summed E-state index contributed by atoms with van der Waals surface area (Å²) in [6, 6.07) is 0. The van der Waals surface area contributed by atoms with Gasteiger partial charge in [-0.2, -0.15) is 0 Å². The maximum Gasteiger partial charge on any atom is 0.309 e. The Kier molecular flexibility index (Phi) is 6.83. The SMILES string of the molecule is CCOCCC(C)(N)NC(=O)C(C)(C)CC(C)(C)C(=O)O. The molecule has 1 amide bonds. The number of carboxylic acid groups (broad SMARTS) is 1. The van der Waals surface area contributed by atoms with Gasteiger partial charge in [0.25, 0.3) is 0 Å². The van der Waals surface area contributed by atoms with E-state index in [1.54, 1.807) is 34.6 Å². The lowest BCUT2D eigenvalue weighted by Crippen LogP contribution is -2.57. The van der Waals surface area contributed by atoms with Crippen molar-refractivity contribution in [1.82, 2.24) is 5.32 Å². The Hall–Kier alpha value is -1.14. The van der Waals surface area contributed by atoms with Crippen LogP contribution in [0.3, 0.4) is 0 Å². The quantitative estimate of drug-likeness (QED) is 0.445. The molecule has 0 saturated carbocycles. The van der Waals surface area contributed by atoms with Gasteiger partial charge in [0.15, 0.2) is 0 Å². The van der Waals surface area contributed by atoms with Gasteiger partial charge in [-0.1, -0.05) is 13.8 Å². The molecule has 0 heterocycles. The van der Waals surface area contributed by atoms with Crippen LogP contribution in [0, 0.1) is 10.8 Å². The zero-order chi connectivity index (χ0) is 16.9. The van der Waals surface area contributed by atoms with E-state index in [-0.39, 0.29) is 12.3 Å². The number of amides is 1. The minimum absolute atomic E-state index is 0.225. The number of carbonyl (C=O) groups excluding carboxylic acids is 1. The number of rotatable bonds is 9. The largest absolute Gasteiger partial charge is 0.481 e. The molecule has 0 aromatic carbocycles. The van der Waals surface area contributed by atoms with Crippen molar-refractivity contribution in [2.75, 3.05) is 13.2 Å². The van der Waals surface area contributed by atoms with Crippen LogP contribution < -0.4 is 11.1 Å². The standard InChI is InChI=1S/C15H30N2O4/c1-7-21-9-8-15(6,16)17-11(18)13(2,3)10-14(4,5)12(19)20/h7-10,16H2,1-6H3,(H,17,18)(H,19,20). The number of carboxylic acids is 1. The van der Waals surface area contributed by atoms with Crippen LogP contribution in [-0.2, 0) is 14.3 Å². The van der Waals surface area contributed by atoms with Crippen molar-refractivity contribution in [2.45, 2.75) is 60.0 Å². The van der Waals surface area contributed by atoms with E-state index in [0.29, 0.717) is 19.6 Å². The van der Waals surface area contributed by atoms with Crippen LogP contribution in [0.1, 0.15) is 54.4 Å². The molecule has 21 heavy (non-hydrogen) atoms. The van der Waals surface area contributed by atoms with Crippen LogP contribution in [0.5, 0.6) is 0 Å². The topological polar surface area (TPSA) is 102 Å².